The first-order valence-electron chi connectivity index (χ1n) is 6.05. The van der Waals surface area contributed by atoms with Gasteiger partial charge in [0, 0.05) is 19.7 Å². The van der Waals surface area contributed by atoms with Crippen LogP contribution in [0.1, 0.15) is 24.3 Å². The molecule has 0 spiro atoms. The predicted octanol–water partition coefficient (Wildman–Crippen LogP) is 1.02. The lowest BCUT2D eigenvalue weighted by molar-refractivity contribution is -0.384. The number of aryl methyl sites for hydroxylation is 1. The number of nitro groups is 1. The second-order valence-electron chi connectivity index (χ2n) is 4.85. The molecule has 0 aliphatic rings. The van der Waals surface area contributed by atoms with E-state index in [1.807, 2.05) is 0 Å². The number of carbonyl (C=O) groups excluding carboxylic acids is 1. The van der Waals surface area contributed by atoms with Crippen LogP contribution in [0, 0.1) is 22.0 Å². The maximum atomic E-state index is 11.9. The third kappa shape index (κ3) is 3.56. The molecule has 2 N–H and O–H groups in total. The quantitative estimate of drug-likeness (QED) is 0.597. The van der Waals surface area contributed by atoms with Gasteiger partial charge in [-0.2, -0.15) is 0 Å². The molecule has 0 aliphatic heterocycles. The highest BCUT2D eigenvalue weighted by Crippen LogP contribution is 2.15. The van der Waals surface area contributed by atoms with Crippen LogP contribution in [0.25, 0.3) is 0 Å². The van der Waals surface area contributed by atoms with Gasteiger partial charge < -0.3 is 15.0 Å². The van der Waals surface area contributed by atoms with Crippen LogP contribution in [0.5, 0.6) is 0 Å². The van der Waals surface area contributed by atoms with Gasteiger partial charge in [-0.15, -0.1) is 0 Å². The zero-order valence-corrected chi connectivity index (χ0v) is 11.5. The van der Waals surface area contributed by atoms with Gasteiger partial charge in [0.05, 0.1) is 17.0 Å². The summed E-state index contributed by atoms with van der Waals surface area (Å²) >= 11 is 0. The Labute approximate surface area is 115 Å². The minimum Gasteiger partial charge on any atom is -0.481 e. The lowest BCUT2D eigenvalue weighted by atomic mass is 9.96. The summed E-state index contributed by atoms with van der Waals surface area (Å²) in [5, 5.41) is 22.1. The van der Waals surface area contributed by atoms with Gasteiger partial charge in [-0.1, -0.05) is 13.8 Å². The highest BCUT2D eigenvalue weighted by Gasteiger charge is 2.23. The second-order valence-corrected chi connectivity index (χ2v) is 4.85. The molecule has 0 fully saturated rings. The van der Waals surface area contributed by atoms with Crippen molar-refractivity contribution in [2.75, 3.05) is 6.54 Å². The monoisotopic (exact) mass is 283 g/mol. The van der Waals surface area contributed by atoms with Crippen LogP contribution in [0.4, 0.5) is 5.69 Å². The zero-order chi connectivity index (χ0) is 15.4. The lowest BCUT2D eigenvalue weighted by Crippen LogP contribution is -2.36. The molecule has 8 heteroatoms. The number of hydrogen-bond acceptors (Lipinski definition) is 4. The Bertz CT molecular complexity index is 535. The fourth-order valence-corrected chi connectivity index (χ4v) is 1.77. The van der Waals surface area contributed by atoms with Crippen LogP contribution in [0.2, 0.25) is 0 Å². The summed E-state index contributed by atoms with van der Waals surface area (Å²) in [5.74, 6) is -2.35. The van der Waals surface area contributed by atoms with Gasteiger partial charge in [-0.05, 0) is 5.92 Å². The van der Waals surface area contributed by atoms with E-state index in [0.717, 1.165) is 6.07 Å². The molecule has 0 aromatic carbocycles. The van der Waals surface area contributed by atoms with E-state index >= 15 is 0 Å². The first-order chi connectivity index (χ1) is 9.23. The van der Waals surface area contributed by atoms with Crippen molar-refractivity contribution >= 4 is 17.6 Å². The van der Waals surface area contributed by atoms with Gasteiger partial charge in [0.15, 0.2) is 0 Å². The lowest BCUT2D eigenvalue weighted by Gasteiger charge is -2.16. The van der Waals surface area contributed by atoms with Crippen molar-refractivity contribution in [3.05, 3.63) is 28.1 Å². The SMILES string of the molecule is CC(C)C(CNC(=O)c1cc([N+](=O)[O-])cn1C)C(=O)O. The second kappa shape index (κ2) is 6.18. The van der Waals surface area contributed by atoms with Crippen LogP contribution < -0.4 is 5.32 Å². The molecular weight excluding hydrogens is 266 g/mol. The first kappa shape index (κ1) is 15.7. The molecule has 0 radical (unpaired) electrons. The third-order valence-corrected chi connectivity index (χ3v) is 3.04. The zero-order valence-electron chi connectivity index (χ0n) is 11.5. The van der Waals surface area contributed by atoms with E-state index in [0.29, 0.717) is 0 Å². The van der Waals surface area contributed by atoms with Gasteiger partial charge in [0.25, 0.3) is 11.6 Å². The molecule has 0 bridgehead atoms. The van der Waals surface area contributed by atoms with Crippen LogP contribution in [-0.4, -0.2) is 33.0 Å². The Hall–Kier alpha value is -2.38. The van der Waals surface area contributed by atoms with Crippen LogP contribution in [-0.2, 0) is 11.8 Å². The fraction of sp³-hybridized carbons (Fsp3) is 0.500. The molecule has 1 aromatic rings. The van der Waals surface area contributed by atoms with Crippen molar-refractivity contribution in [2.24, 2.45) is 18.9 Å². The maximum Gasteiger partial charge on any atom is 0.308 e. The third-order valence-electron chi connectivity index (χ3n) is 3.04. The van der Waals surface area contributed by atoms with Gasteiger partial charge in [0.1, 0.15) is 5.69 Å². The van der Waals surface area contributed by atoms with E-state index in [9.17, 15) is 19.7 Å². The maximum absolute atomic E-state index is 11.9. The number of aromatic nitrogens is 1. The minimum absolute atomic E-state index is 0.0230. The summed E-state index contributed by atoms with van der Waals surface area (Å²) in [4.78, 5) is 32.9. The van der Waals surface area contributed by atoms with Gasteiger partial charge in [-0.25, -0.2) is 0 Å². The molecule has 8 nitrogen and oxygen atoms in total. The molecule has 1 amide bonds. The summed E-state index contributed by atoms with van der Waals surface area (Å²) in [5.41, 5.74) is -0.0686. The summed E-state index contributed by atoms with van der Waals surface area (Å²) < 4.78 is 1.33. The number of aliphatic carboxylic acids is 1. The standard InChI is InChI=1S/C12H17N3O5/c1-7(2)9(12(17)18)5-13-11(16)10-4-8(15(19)20)6-14(10)3/h4,6-7,9H,5H2,1-3H3,(H,13,16)(H,17,18). The molecule has 1 heterocycles. The van der Waals surface area contributed by atoms with Crippen molar-refractivity contribution in [1.82, 2.24) is 9.88 Å². The molecule has 0 saturated heterocycles. The Morgan fingerprint density at radius 2 is 2.10 bits per heavy atom. The van der Waals surface area contributed by atoms with Crippen LogP contribution >= 0.6 is 0 Å². The number of amides is 1. The Morgan fingerprint density at radius 3 is 2.50 bits per heavy atom. The van der Waals surface area contributed by atoms with E-state index < -0.39 is 22.7 Å². The van der Waals surface area contributed by atoms with E-state index in [2.05, 4.69) is 5.32 Å². The molecule has 1 unspecified atom stereocenters. The molecule has 110 valence electrons. The van der Waals surface area contributed by atoms with E-state index in [1.54, 1.807) is 13.8 Å². The summed E-state index contributed by atoms with van der Waals surface area (Å²) in [6.45, 7) is 3.47. The van der Waals surface area contributed by atoms with Crippen molar-refractivity contribution < 1.29 is 19.6 Å². The highest BCUT2D eigenvalue weighted by atomic mass is 16.6. The number of hydrogen-bond donors (Lipinski definition) is 2. The largest absolute Gasteiger partial charge is 0.481 e. The number of nitrogens with one attached hydrogen (secondary N) is 1. The van der Waals surface area contributed by atoms with Gasteiger partial charge >= 0.3 is 5.97 Å². The van der Waals surface area contributed by atoms with Crippen LogP contribution in [0.15, 0.2) is 12.3 Å². The number of carbonyl (C=O) groups is 2. The highest BCUT2D eigenvalue weighted by molar-refractivity contribution is 5.93. The van der Waals surface area contributed by atoms with E-state index in [1.165, 1.54) is 17.8 Å². The Balaban J connectivity index is 2.77. The number of carboxylic acid groups (broad SMARTS) is 1. The number of nitrogens with zero attached hydrogens (tertiary/aromatic N) is 2. The molecular formula is C12H17N3O5. The van der Waals surface area contributed by atoms with Crippen molar-refractivity contribution in [1.29, 1.82) is 0 Å². The molecule has 0 aliphatic carbocycles. The minimum atomic E-state index is -0.988. The summed E-state index contributed by atoms with van der Waals surface area (Å²) in [7, 11) is 1.51. The molecule has 0 saturated carbocycles. The molecule has 1 rings (SSSR count). The average Bonchev–Trinajstić information content (AvgIpc) is 2.70. The Morgan fingerprint density at radius 1 is 1.50 bits per heavy atom. The number of carboxylic acids is 1. The Kier molecular flexibility index (Phi) is 4.84. The topological polar surface area (TPSA) is 114 Å². The van der Waals surface area contributed by atoms with Gasteiger partial charge in [-0.3, -0.25) is 19.7 Å². The molecule has 1 atom stereocenters. The first-order valence-corrected chi connectivity index (χ1v) is 6.05. The van der Waals surface area contributed by atoms with Crippen molar-refractivity contribution in [2.45, 2.75) is 13.8 Å². The summed E-state index contributed by atoms with van der Waals surface area (Å²) in [6, 6.07) is 1.15. The van der Waals surface area contributed by atoms with Crippen LogP contribution in [0.3, 0.4) is 0 Å². The van der Waals surface area contributed by atoms with E-state index in [4.69, 9.17) is 5.11 Å². The van der Waals surface area contributed by atoms with Gasteiger partial charge in [0.2, 0.25) is 0 Å². The predicted molar refractivity (Wildman–Crippen MR) is 70.4 cm³/mol. The summed E-state index contributed by atoms with van der Waals surface area (Å²) in [6.07, 6.45) is 1.23. The molecule has 20 heavy (non-hydrogen) atoms. The smallest absolute Gasteiger partial charge is 0.308 e. The van der Waals surface area contributed by atoms with Crippen molar-refractivity contribution in [3.63, 3.8) is 0 Å². The average molecular weight is 283 g/mol. The number of rotatable bonds is 6. The normalized spacial score (nSPS) is 12.2. The van der Waals surface area contributed by atoms with Crippen molar-refractivity contribution in [3.8, 4) is 0 Å². The fourth-order valence-electron chi connectivity index (χ4n) is 1.77. The van der Waals surface area contributed by atoms with E-state index in [-0.39, 0.29) is 23.8 Å². The molecule has 1 aromatic heterocycles.